The molecule has 32 heavy (non-hydrogen) atoms. The zero-order valence-corrected chi connectivity index (χ0v) is 18.4. The van der Waals surface area contributed by atoms with Gasteiger partial charge in [0.05, 0.1) is 0 Å². The fraction of sp³-hybridized carbons (Fsp3) is 0.231. The van der Waals surface area contributed by atoms with E-state index in [0.29, 0.717) is 6.54 Å². The van der Waals surface area contributed by atoms with Crippen LogP contribution in [0, 0.1) is 0 Å². The first-order valence-corrected chi connectivity index (χ1v) is 10.5. The molecule has 1 aromatic heterocycles. The molecule has 0 unspecified atom stereocenters. The molecule has 0 aliphatic carbocycles. The van der Waals surface area contributed by atoms with E-state index in [2.05, 4.69) is 5.32 Å². The monoisotopic (exact) mass is 430 g/mol. The van der Waals surface area contributed by atoms with Crippen molar-refractivity contribution in [2.24, 2.45) is 0 Å². The van der Waals surface area contributed by atoms with Crippen molar-refractivity contribution in [3.63, 3.8) is 0 Å². The van der Waals surface area contributed by atoms with Crippen LogP contribution in [-0.4, -0.2) is 27.3 Å². The maximum Gasteiger partial charge on any atom is 0.407 e. The van der Waals surface area contributed by atoms with E-state index in [0.717, 1.165) is 32.8 Å². The van der Waals surface area contributed by atoms with E-state index in [4.69, 9.17) is 4.74 Å². The summed E-state index contributed by atoms with van der Waals surface area (Å²) in [6, 6.07) is 21.5. The Balaban J connectivity index is 1.69. The number of amides is 1. The van der Waals surface area contributed by atoms with Gasteiger partial charge in [0, 0.05) is 24.0 Å². The van der Waals surface area contributed by atoms with E-state index in [1.54, 1.807) is 6.07 Å². The van der Waals surface area contributed by atoms with E-state index in [-0.39, 0.29) is 12.2 Å². The minimum atomic E-state index is -0.977. The number of ether oxygens (including phenoxy) is 1. The molecule has 0 aliphatic heterocycles. The van der Waals surface area contributed by atoms with Crippen molar-refractivity contribution in [1.82, 2.24) is 9.88 Å². The van der Waals surface area contributed by atoms with Gasteiger partial charge in [-0.05, 0) is 54.8 Å². The third kappa shape index (κ3) is 4.59. The number of alkyl carbamates (subject to hydrolysis) is 1. The van der Waals surface area contributed by atoms with Crippen molar-refractivity contribution in [2.45, 2.75) is 39.5 Å². The second-order valence-corrected chi connectivity index (χ2v) is 8.81. The molecule has 4 aromatic rings. The number of carboxylic acids is 1. The standard InChI is InChI=1S/C26H26N2O4/c1-26(2,3)32-25(31)27-15-17-11-12-19-14-23(24(29)30)28(22(19)13-17)16-20-9-6-8-18-7-4-5-10-21(18)20/h4-14H,15-16H2,1-3H3,(H,27,31)(H,29,30). The molecule has 2 N–H and O–H groups in total. The smallest absolute Gasteiger partial charge is 0.407 e. The quantitative estimate of drug-likeness (QED) is 0.434. The van der Waals surface area contributed by atoms with Crippen LogP contribution in [0.25, 0.3) is 21.7 Å². The second-order valence-electron chi connectivity index (χ2n) is 8.81. The Bertz CT molecular complexity index is 1310. The van der Waals surface area contributed by atoms with Crippen LogP contribution >= 0.6 is 0 Å². The zero-order chi connectivity index (χ0) is 22.9. The van der Waals surface area contributed by atoms with Gasteiger partial charge >= 0.3 is 12.1 Å². The number of aromatic nitrogens is 1. The van der Waals surface area contributed by atoms with Crippen LogP contribution in [0.15, 0.2) is 66.7 Å². The molecule has 6 heteroatoms. The molecule has 164 valence electrons. The van der Waals surface area contributed by atoms with Crippen molar-refractivity contribution in [1.29, 1.82) is 0 Å². The van der Waals surface area contributed by atoms with Crippen molar-refractivity contribution in [2.75, 3.05) is 0 Å². The third-order valence-corrected chi connectivity index (χ3v) is 5.23. The van der Waals surface area contributed by atoms with Gasteiger partial charge in [-0.3, -0.25) is 0 Å². The summed E-state index contributed by atoms with van der Waals surface area (Å²) in [5.41, 5.74) is 2.36. The number of carbonyl (C=O) groups excluding carboxylic acids is 1. The Labute approximate surface area is 186 Å². The third-order valence-electron chi connectivity index (χ3n) is 5.23. The van der Waals surface area contributed by atoms with E-state index in [9.17, 15) is 14.7 Å². The van der Waals surface area contributed by atoms with Crippen LogP contribution in [0.5, 0.6) is 0 Å². The lowest BCUT2D eigenvalue weighted by atomic mass is 10.0. The molecule has 0 fully saturated rings. The van der Waals surface area contributed by atoms with Gasteiger partial charge in [-0.1, -0.05) is 54.6 Å². The Morgan fingerprint density at radius 1 is 0.969 bits per heavy atom. The summed E-state index contributed by atoms with van der Waals surface area (Å²) in [7, 11) is 0. The summed E-state index contributed by atoms with van der Waals surface area (Å²) < 4.78 is 7.11. The summed E-state index contributed by atoms with van der Waals surface area (Å²) in [6.45, 7) is 6.15. The van der Waals surface area contributed by atoms with Gasteiger partial charge in [0.15, 0.2) is 0 Å². The van der Waals surface area contributed by atoms with Crippen molar-refractivity contribution in [3.05, 3.63) is 83.6 Å². The molecule has 3 aromatic carbocycles. The Hall–Kier alpha value is -3.80. The molecule has 0 radical (unpaired) electrons. The largest absolute Gasteiger partial charge is 0.477 e. The molecule has 1 amide bonds. The van der Waals surface area contributed by atoms with Crippen LogP contribution in [0.3, 0.4) is 0 Å². The summed E-state index contributed by atoms with van der Waals surface area (Å²) in [5, 5.41) is 15.6. The van der Waals surface area contributed by atoms with Crippen LogP contribution in [0.1, 0.15) is 42.4 Å². The van der Waals surface area contributed by atoms with E-state index >= 15 is 0 Å². The lowest BCUT2D eigenvalue weighted by molar-refractivity contribution is 0.0523. The lowest BCUT2D eigenvalue weighted by Crippen LogP contribution is -2.32. The molecule has 0 saturated carbocycles. The number of nitrogens with one attached hydrogen (secondary N) is 1. The highest BCUT2D eigenvalue weighted by Crippen LogP contribution is 2.26. The van der Waals surface area contributed by atoms with Gasteiger partial charge in [-0.25, -0.2) is 9.59 Å². The number of rotatable bonds is 5. The molecular weight excluding hydrogens is 404 g/mol. The number of hydrogen-bond acceptors (Lipinski definition) is 3. The minimum absolute atomic E-state index is 0.227. The van der Waals surface area contributed by atoms with Gasteiger partial charge < -0.3 is 19.7 Å². The molecule has 1 heterocycles. The highest BCUT2D eigenvalue weighted by molar-refractivity contribution is 5.95. The lowest BCUT2D eigenvalue weighted by Gasteiger charge is -2.19. The van der Waals surface area contributed by atoms with Gasteiger partial charge in [-0.2, -0.15) is 0 Å². The average molecular weight is 431 g/mol. The molecule has 0 saturated heterocycles. The summed E-state index contributed by atoms with van der Waals surface area (Å²) in [6.07, 6.45) is -0.491. The van der Waals surface area contributed by atoms with Gasteiger partial charge in [-0.15, -0.1) is 0 Å². The van der Waals surface area contributed by atoms with E-state index in [1.807, 2.05) is 86.0 Å². The highest BCUT2D eigenvalue weighted by Gasteiger charge is 2.18. The van der Waals surface area contributed by atoms with Crippen molar-refractivity contribution in [3.8, 4) is 0 Å². The van der Waals surface area contributed by atoms with Crippen molar-refractivity contribution >= 4 is 33.7 Å². The Kier molecular flexibility index (Phi) is 5.61. The maximum absolute atomic E-state index is 12.0. The predicted molar refractivity (Wildman–Crippen MR) is 125 cm³/mol. The fourth-order valence-corrected chi connectivity index (χ4v) is 3.85. The molecule has 4 rings (SSSR count). The number of fused-ring (bicyclic) bond motifs is 2. The SMILES string of the molecule is CC(C)(C)OC(=O)NCc1ccc2cc(C(=O)O)n(Cc3cccc4ccccc34)c2c1. The number of hydrogen-bond donors (Lipinski definition) is 2. The molecule has 0 bridgehead atoms. The number of carbonyl (C=O) groups is 2. The number of benzene rings is 3. The maximum atomic E-state index is 12.0. The van der Waals surface area contributed by atoms with Gasteiger partial charge in [0.25, 0.3) is 0 Å². The number of carboxylic acid groups (broad SMARTS) is 1. The topological polar surface area (TPSA) is 80.6 Å². The van der Waals surface area contributed by atoms with E-state index < -0.39 is 17.7 Å². The molecule has 0 aliphatic rings. The first-order chi connectivity index (χ1) is 15.2. The molecule has 6 nitrogen and oxygen atoms in total. The highest BCUT2D eigenvalue weighted by atomic mass is 16.6. The molecule has 0 atom stereocenters. The zero-order valence-electron chi connectivity index (χ0n) is 18.4. The minimum Gasteiger partial charge on any atom is -0.477 e. The van der Waals surface area contributed by atoms with E-state index in [1.165, 1.54) is 0 Å². The first kappa shape index (κ1) is 21.4. The van der Waals surface area contributed by atoms with Crippen LogP contribution < -0.4 is 5.32 Å². The summed E-state index contributed by atoms with van der Waals surface area (Å²) in [4.78, 5) is 24.0. The fourth-order valence-electron chi connectivity index (χ4n) is 3.85. The van der Waals surface area contributed by atoms with Crippen molar-refractivity contribution < 1.29 is 19.4 Å². The van der Waals surface area contributed by atoms with Crippen LogP contribution in [0.4, 0.5) is 4.79 Å². The summed E-state index contributed by atoms with van der Waals surface area (Å²) in [5.74, 6) is -0.977. The Morgan fingerprint density at radius 2 is 1.72 bits per heavy atom. The number of nitrogens with zero attached hydrogens (tertiary/aromatic N) is 1. The average Bonchev–Trinajstić information content (AvgIpc) is 3.09. The Morgan fingerprint density at radius 3 is 2.47 bits per heavy atom. The predicted octanol–water partition coefficient (Wildman–Crippen LogP) is 5.57. The molecule has 0 spiro atoms. The second kappa shape index (κ2) is 8.38. The summed E-state index contributed by atoms with van der Waals surface area (Å²) >= 11 is 0. The van der Waals surface area contributed by atoms with Crippen LogP contribution in [-0.2, 0) is 17.8 Å². The first-order valence-electron chi connectivity index (χ1n) is 10.5. The normalized spacial score (nSPS) is 11.6. The van der Waals surface area contributed by atoms with Gasteiger partial charge in [0.2, 0.25) is 0 Å². The van der Waals surface area contributed by atoms with Gasteiger partial charge in [0.1, 0.15) is 11.3 Å². The number of aromatic carboxylic acids is 1. The molecular formula is C26H26N2O4. The van der Waals surface area contributed by atoms with Crippen LogP contribution in [0.2, 0.25) is 0 Å².